The SMILES string of the molecule is Cc1ccccc1N1CCN(C(=O)c2ccccc2-c2nccn2C)[C@H](C)C1. The van der Waals surface area contributed by atoms with Crippen LogP contribution in [0, 0.1) is 6.92 Å². The Morgan fingerprint density at radius 2 is 1.82 bits per heavy atom. The Balaban J connectivity index is 1.58. The Bertz CT molecular complexity index is 994. The number of amides is 1. The number of anilines is 1. The van der Waals surface area contributed by atoms with Crippen LogP contribution in [0.5, 0.6) is 0 Å². The fourth-order valence-corrected chi connectivity index (χ4v) is 4.04. The van der Waals surface area contributed by atoms with Gasteiger partial charge in [-0.2, -0.15) is 0 Å². The minimum Gasteiger partial charge on any atom is -0.367 e. The molecular formula is C23H26N4O. The highest BCUT2D eigenvalue weighted by Crippen LogP contribution is 2.27. The van der Waals surface area contributed by atoms with Crippen LogP contribution in [0.15, 0.2) is 60.9 Å². The summed E-state index contributed by atoms with van der Waals surface area (Å²) in [5.41, 5.74) is 4.13. The van der Waals surface area contributed by atoms with Crippen molar-refractivity contribution in [3.05, 3.63) is 72.1 Å². The van der Waals surface area contributed by atoms with Crippen molar-refractivity contribution in [1.82, 2.24) is 14.5 Å². The maximum absolute atomic E-state index is 13.4. The van der Waals surface area contributed by atoms with Crippen molar-refractivity contribution in [2.75, 3.05) is 24.5 Å². The third-order valence-electron chi connectivity index (χ3n) is 5.56. The number of rotatable bonds is 3. The highest BCUT2D eigenvalue weighted by atomic mass is 16.2. The molecule has 0 spiro atoms. The molecule has 0 aliphatic carbocycles. The largest absolute Gasteiger partial charge is 0.367 e. The van der Waals surface area contributed by atoms with Gasteiger partial charge in [-0.1, -0.05) is 36.4 Å². The predicted molar refractivity (Wildman–Crippen MR) is 113 cm³/mol. The summed E-state index contributed by atoms with van der Waals surface area (Å²) in [5, 5.41) is 0. The molecule has 0 bridgehead atoms. The molecule has 4 rings (SSSR count). The van der Waals surface area contributed by atoms with Gasteiger partial charge < -0.3 is 14.4 Å². The fourth-order valence-electron chi connectivity index (χ4n) is 4.04. The summed E-state index contributed by atoms with van der Waals surface area (Å²) in [6.07, 6.45) is 3.67. The number of nitrogens with zero attached hydrogens (tertiary/aromatic N) is 4. The highest BCUT2D eigenvalue weighted by Gasteiger charge is 2.30. The number of hydrogen-bond donors (Lipinski definition) is 0. The number of hydrogen-bond acceptors (Lipinski definition) is 3. The molecule has 1 saturated heterocycles. The smallest absolute Gasteiger partial charge is 0.254 e. The van der Waals surface area contributed by atoms with E-state index in [9.17, 15) is 4.79 Å². The topological polar surface area (TPSA) is 41.4 Å². The lowest BCUT2D eigenvalue weighted by Crippen LogP contribution is -2.54. The van der Waals surface area contributed by atoms with Gasteiger partial charge in [0, 0.05) is 56.4 Å². The molecule has 1 fully saturated rings. The number of carbonyl (C=O) groups excluding carboxylic acids is 1. The molecule has 144 valence electrons. The number of piperazine rings is 1. The minimum atomic E-state index is 0.0792. The molecular weight excluding hydrogens is 348 g/mol. The summed E-state index contributed by atoms with van der Waals surface area (Å²) in [4.78, 5) is 22.2. The molecule has 1 aliphatic heterocycles. The van der Waals surface area contributed by atoms with Gasteiger partial charge in [0.15, 0.2) is 0 Å². The zero-order valence-electron chi connectivity index (χ0n) is 16.7. The molecule has 1 atom stereocenters. The third kappa shape index (κ3) is 3.28. The van der Waals surface area contributed by atoms with Crippen LogP contribution in [0.1, 0.15) is 22.8 Å². The van der Waals surface area contributed by atoms with Crippen LogP contribution in [-0.2, 0) is 7.05 Å². The summed E-state index contributed by atoms with van der Waals surface area (Å²) >= 11 is 0. The van der Waals surface area contributed by atoms with Crippen LogP contribution in [0.4, 0.5) is 5.69 Å². The first-order valence-electron chi connectivity index (χ1n) is 9.74. The molecule has 1 amide bonds. The Morgan fingerprint density at radius 3 is 2.54 bits per heavy atom. The van der Waals surface area contributed by atoms with E-state index in [0.29, 0.717) is 12.1 Å². The first kappa shape index (κ1) is 18.3. The van der Waals surface area contributed by atoms with Gasteiger partial charge in [0.25, 0.3) is 5.91 Å². The number of aryl methyl sites for hydroxylation is 2. The van der Waals surface area contributed by atoms with E-state index < -0.39 is 0 Å². The molecule has 2 heterocycles. The number of aromatic nitrogens is 2. The zero-order valence-corrected chi connectivity index (χ0v) is 16.7. The highest BCUT2D eigenvalue weighted by molar-refractivity contribution is 6.00. The van der Waals surface area contributed by atoms with Gasteiger partial charge in [0.05, 0.1) is 5.56 Å². The van der Waals surface area contributed by atoms with Gasteiger partial charge in [-0.25, -0.2) is 4.98 Å². The quantitative estimate of drug-likeness (QED) is 0.701. The van der Waals surface area contributed by atoms with Crippen LogP contribution in [0.3, 0.4) is 0 Å². The van der Waals surface area contributed by atoms with E-state index in [1.165, 1.54) is 11.3 Å². The van der Waals surface area contributed by atoms with E-state index in [2.05, 4.69) is 48.0 Å². The molecule has 28 heavy (non-hydrogen) atoms. The van der Waals surface area contributed by atoms with E-state index in [0.717, 1.165) is 24.5 Å². The Kier molecular flexibility index (Phi) is 4.90. The van der Waals surface area contributed by atoms with Crippen LogP contribution in [0.25, 0.3) is 11.4 Å². The standard InChI is InChI=1S/C23H26N4O/c1-17-8-4-7-11-21(17)26-14-15-27(18(2)16-26)23(28)20-10-6-5-9-19(20)22-24-12-13-25(22)3/h4-13,18H,14-16H2,1-3H3/t18-/m1/s1. The van der Waals surface area contributed by atoms with Gasteiger partial charge in [0.1, 0.15) is 5.82 Å². The van der Waals surface area contributed by atoms with Crippen molar-refractivity contribution in [3.8, 4) is 11.4 Å². The molecule has 5 nitrogen and oxygen atoms in total. The summed E-state index contributed by atoms with van der Waals surface area (Å²) in [5.74, 6) is 0.894. The fraction of sp³-hybridized carbons (Fsp3) is 0.304. The number of para-hydroxylation sites is 1. The van der Waals surface area contributed by atoms with Crippen LogP contribution >= 0.6 is 0 Å². The van der Waals surface area contributed by atoms with Crippen LogP contribution in [0.2, 0.25) is 0 Å². The number of benzene rings is 2. The van der Waals surface area contributed by atoms with E-state index in [1.807, 2.05) is 47.0 Å². The lowest BCUT2D eigenvalue weighted by molar-refractivity contribution is 0.0675. The minimum absolute atomic E-state index is 0.0792. The maximum Gasteiger partial charge on any atom is 0.254 e. The second-order valence-electron chi connectivity index (χ2n) is 7.49. The molecule has 1 aliphatic rings. The summed E-state index contributed by atoms with van der Waals surface area (Å²) in [6, 6.07) is 16.3. The number of imidazole rings is 1. The van der Waals surface area contributed by atoms with Crippen molar-refractivity contribution < 1.29 is 4.79 Å². The average molecular weight is 374 g/mol. The normalized spacial score (nSPS) is 17.0. The van der Waals surface area contributed by atoms with Gasteiger partial charge in [-0.3, -0.25) is 4.79 Å². The summed E-state index contributed by atoms with van der Waals surface area (Å²) < 4.78 is 1.95. The van der Waals surface area contributed by atoms with Crippen molar-refractivity contribution >= 4 is 11.6 Å². The van der Waals surface area contributed by atoms with E-state index in [1.54, 1.807) is 6.20 Å². The third-order valence-corrected chi connectivity index (χ3v) is 5.56. The average Bonchev–Trinajstić information content (AvgIpc) is 3.13. The van der Waals surface area contributed by atoms with Gasteiger partial charge >= 0.3 is 0 Å². The molecule has 3 aromatic rings. The van der Waals surface area contributed by atoms with Crippen molar-refractivity contribution in [1.29, 1.82) is 0 Å². The molecule has 0 unspecified atom stereocenters. The summed E-state index contributed by atoms with van der Waals surface area (Å²) in [6.45, 7) is 6.66. The molecule has 2 aromatic carbocycles. The molecule has 5 heteroatoms. The Morgan fingerprint density at radius 1 is 1.07 bits per heavy atom. The van der Waals surface area contributed by atoms with Crippen LogP contribution < -0.4 is 4.90 Å². The predicted octanol–water partition coefficient (Wildman–Crippen LogP) is 3.75. The molecule has 0 N–H and O–H groups in total. The number of carbonyl (C=O) groups is 1. The summed E-state index contributed by atoms with van der Waals surface area (Å²) in [7, 11) is 1.95. The van der Waals surface area contributed by atoms with Gasteiger partial charge in [-0.15, -0.1) is 0 Å². The lowest BCUT2D eigenvalue weighted by atomic mass is 10.0. The van der Waals surface area contributed by atoms with Crippen molar-refractivity contribution in [3.63, 3.8) is 0 Å². The zero-order chi connectivity index (χ0) is 19.7. The van der Waals surface area contributed by atoms with Crippen molar-refractivity contribution in [2.24, 2.45) is 7.05 Å². The van der Waals surface area contributed by atoms with Gasteiger partial charge in [-0.05, 0) is 31.5 Å². The maximum atomic E-state index is 13.4. The molecule has 0 radical (unpaired) electrons. The lowest BCUT2D eigenvalue weighted by Gasteiger charge is -2.41. The van der Waals surface area contributed by atoms with E-state index >= 15 is 0 Å². The first-order chi connectivity index (χ1) is 13.6. The Labute approximate surface area is 166 Å². The second kappa shape index (κ2) is 7.50. The van der Waals surface area contributed by atoms with Crippen LogP contribution in [-0.4, -0.2) is 46.0 Å². The van der Waals surface area contributed by atoms with E-state index in [-0.39, 0.29) is 11.9 Å². The van der Waals surface area contributed by atoms with E-state index in [4.69, 9.17) is 0 Å². The molecule has 1 aromatic heterocycles. The second-order valence-corrected chi connectivity index (χ2v) is 7.49. The Hall–Kier alpha value is -3.08. The van der Waals surface area contributed by atoms with Gasteiger partial charge in [0.2, 0.25) is 0 Å². The van der Waals surface area contributed by atoms with Crippen molar-refractivity contribution in [2.45, 2.75) is 19.9 Å². The monoisotopic (exact) mass is 374 g/mol. The molecule has 0 saturated carbocycles. The first-order valence-corrected chi connectivity index (χ1v) is 9.74.